The molecule has 1 aliphatic heterocycles. The van der Waals surface area contributed by atoms with Crippen molar-refractivity contribution in [2.24, 2.45) is 0 Å². The van der Waals surface area contributed by atoms with Gasteiger partial charge in [-0.05, 0) is 20.3 Å². The van der Waals surface area contributed by atoms with Gasteiger partial charge in [-0.25, -0.2) is 0 Å². The van der Waals surface area contributed by atoms with Gasteiger partial charge in [0.2, 0.25) is 0 Å². The standard InChI is InChI=1S/C8H18N2O3S/c1-7(2)9(3)14(12,13)10-5-4-8(11)6-10/h7-8,11H,4-6H2,1-3H3/t8-/m0/s1. The molecule has 1 rings (SSSR count). The summed E-state index contributed by atoms with van der Waals surface area (Å²) in [7, 11) is -1.80. The second kappa shape index (κ2) is 4.14. The lowest BCUT2D eigenvalue weighted by Crippen LogP contribution is -2.44. The summed E-state index contributed by atoms with van der Waals surface area (Å²) in [6.45, 7) is 4.29. The zero-order valence-corrected chi connectivity index (χ0v) is 9.66. The summed E-state index contributed by atoms with van der Waals surface area (Å²) in [6, 6.07) is -0.0576. The van der Waals surface area contributed by atoms with E-state index in [1.165, 1.54) is 8.61 Å². The van der Waals surface area contributed by atoms with Crippen molar-refractivity contribution in [3.8, 4) is 0 Å². The van der Waals surface area contributed by atoms with E-state index in [2.05, 4.69) is 0 Å². The quantitative estimate of drug-likeness (QED) is 0.709. The maximum atomic E-state index is 11.9. The fraction of sp³-hybridized carbons (Fsp3) is 1.00. The number of β-amino-alcohol motifs (C(OH)–C–C–N with tert-alkyl or cyclic N) is 1. The van der Waals surface area contributed by atoms with Gasteiger partial charge < -0.3 is 5.11 Å². The average molecular weight is 222 g/mol. The van der Waals surface area contributed by atoms with Crippen LogP contribution in [0.1, 0.15) is 20.3 Å². The molecular weight excluding hydrogens is 204 g/mol. The van der Waals surface area contributed by atoms with Crippen molar-refractivity contribution < 1.29 is 13.5 Å². The smallest absolute Gasteiger partial charge is 0.282 e. The highest BCUT2D eigenvalue weighted by atomic mass is 32.2. The van der Waals surface area contributed by atoms with Crippen molar-refractivity contribution in [3.63, 3.8) is 0 Å². The Hall–Kier alpha value is -0.170. The van der Waals surface area contributed by atoms with E-state index in [1.807, 2.05) is 13.8 Å². The normalized spacial score (nSPS) is 25.1. The summed E-state index contributed by atoms with van der Waals surface area (Å²) in [5.41, 5.74) is 0. The maximum absolute atomic E-state index is 11.9. The van der Waals surface area contributed by atoms with Gasteiger partial charge in [0.05, 0.1) is 6.10 Å². The molecule has 1 fully saturated rings. The number of rotatable bonds is 3. The van der Waals surface area contributed by atoms with Crippen LogP contribution in [0.2, 0.25) is 0 Å². The minimum atomic E-state index is -3.36. The highest BCUT2D eigenvalue weighted by Crippen LogP contribution is 2.17. The van der Waals surface area contributed by atoms with Gasteiger partial charge in [0.15, 0.2) is 0 Å². The van der Waals surface area contributed by atoms with E-state index in [0.29, 0.717) is 13.0 Å². The van der Waals surface area contributed by atoms with Crippen LogP contribution in [0.5, 0.6) is 0 Å². The van der Waals surface area contributed by atoms with Gasteiger partial charge in [0, 0.05) is 26.2 Å². The van der Waals surface area contributed by atoms with Gasteiger partial charge >= 0.3 is 0 Å². The first-order valence-electron chi connectivity index (χ1n) is 4.77. The van der Waals surface area contributed by atoms with Crippen LogP contribution in [0.25, 0.3) is 0 Å². The molecule has 6 heteroatoms. The molecule has 14 heavy (non-hydrogen) atoms. The maximum Gasteiger partial charge on any atom is 0.282 e. The summed E-state index contributed by atoms with van der Waals surface area (Å²) >= 11 is 0. The second-order valence-electron chi connectivity index (χ2n) is 3.92. The molecule has 0 bridgehead atoms. The van der Waals surface area contributed by atoms with Gasteiger partial charge in [-0.1, -0.05) is 0 Å². The van der Waals surface area contributed by atoms with E-state index in [1.54, 1.807) is 7.05 Å². The van der Waals surface area contributed by atoms with E-state index in [9.17, 15) is 13.5 Å². The number of aliphatic hydroxyl groups excluding tert-OH is 1. The third-order valence-electron chi connectivity index (χ3n) is 2.54. The molecule has 1 N–H and O–H groups in total. The third kappa shape index (κ3) is 2.25. The predicted octanol–water partition coefficient (Wildman–Crippen LogP) is -0.362. The molecular formula is C8H18N2O3S. The van der Waals surface area contributed by atoms with Crippen molar-refractivity contribution >= 4 is 10.2 Å². The lowest BCUT2D eigenvalue weighted by atomic mass is 10.3. The van der Waals surface area contributed by atoms with Crippen LogP contribution in [-0.4, -0.2) is 54.4 Å². The molecule has 5 nitrogen and oxygen atoms in total. The molecule has 1 atom stereocenters. The van der Waals surface area contributed by atoms with Crippen LogP contribution >= 0.6 is 0 Å². The van der Waals surface area contributed by atoms with Crippen molar-refractivity contribution in [1.82, 2.24) is 8.61 Å². The van der Waals surface area contributed by atoms with E-state index < -0.39 is 16.3 Å². The largest absolute Gasteiger partial charge is 0.392 e. The molecule has 0 aromatic heterocycles. The molecule has 0 aliphatic carbocycles. The summed E-state index contributed by atoms with van der Waals surface area (Å²) in [5.74, 6) is 0. The van der Waals surface area contributed by atoms with Crippen LogP contribution < -0.4 is 0 Å². The van der Waals surface area contributed by atoms with Crippen LogP contribution in [0.4, 0.5) is 0 Å². The molecule has 0 aromatic rings. The SMILES string of the molecule is CC(C)N(C)S(=O)(=O)N1CC[C@H](O)C1. The van der Waals surface area contributed by atoms with Crippen molar-refractivity contribution in [3.05, 3.63) is 0 Å². The second-order valence-corrected chi connectivity index (χ2v) is 5.91. The Morgan fingerprint density at radius 1 is 1.50 bits per heavy atom. The fourth-order valence-electron chi connectivity index (χ4n) is 1.37. The molecule has 1 saturated heterocycles. The molecule has 0 unspecified atom stereocenters. The summed E-state index contributed by atoms with van der Waals surface area (Å²) in [5, 5.41) is 9.26. The summed E-state index contributed by atoms with van der Waals surface area (Å²) < 4.78 is 26.4. The minimum absolute atomic E-state index is 0.0576. The van der Waals surface area contributed by atoms with E-state index in [0.717, 1.165) is 0 Å². The summed E-state index contributed by atoms with van der Waals surface area (Å²) in [6.07, 6.45) is 0.0240. The molecule has 0 saturated carbocycles. The van der Waals surface area contributed by atoms with E-state index in [4.69, 9.17) is 0 Å². The summed E-state index contributed by atoms with van der Waals surface area (Å²) in [4.78, 5) is 0. The molecule has 0 amide bonds. The topological polar surface area (TPSA) is 60.9 Å². The fourth-order valence-corrected chi connectivity index (χ4v) is 2.96. The molecule has 1 heterocycles. The Bertz CT molecular complexity index is 289. The van der Waals surface area contributed by atoms with E-state index >= 15 is 0 Å². The van der Waals surface area contributed by atoms with E-state index in [-0.39, 0.29) is 12.6 Å². The zero-order chi connectivity index (χ0) is 10.9. The van der Waals surface area contributed by atoms with Crippen LogP contribution in [0.15, 0.2) is 0 Å². The van der Waals surface area contributed by atoms with Gasteiger partial charge in [0.1, 0.15) is 0 Å². The van der Waals surface area contributed by atoms with Gasteiger partial charge in [-0.15, -0.1) is 0 Å². The van der Waals surface area contributed by atoms with Crippen molar-refractivity contribution in [1.29, 1.82) is 0 Å². The minimum Gasteiger partial charge on any atom is -0.392 e. The predicted molar refractivity (Wildman–Crippen MR) is 54.0 cm³/mol. The van der Waals surface area contributed by atoms with Crippen molar-refractivity contribution in [2.45, 2.75) is 32.4 Å². The molecule has 1 aliphatic rings. The number of hydrogen-bond donors (Lipinski definition) is 1. The first-order chi connectivity index (χ1) is 6.35. The Labute approximate surface area is 85.5 Å². The van der Waals surface area contributed by atoms with Crippen molar-refractivity contribution in [2.75, 3.05) is 20.1 Å². The molecule has 0 spiro atoms. The first-order valence-corrected chi connectivity index (χ1v) is 6.16. The molecule has 0 aromatic carbocycles. The van der Waals surface area contributed by atoms with Gasteiger partial charge in [-0.3, -0.25) is 0 Å². The Morgan fingerprint density at radius 3 is 2.43 bits per heavy atom. The number of nitrogens with zero attached hydrogens (tertiary/aromatic N) is 2. The van der Waals surface area contributed by atoms with Gasteiger partial charge in [0.25, 0.3) is 10.2 Å². The van der Waals surface area contributed by atoms with Crippen LogP contribution in [0, 0.1) is 0 Å². The lowest BCUT2D eigenvalue weighted by molar-refractivity contribution is 0.188. The Morgan fingerprint density at radius 2 is 2.07 bits per heavy atom. The van der Waals surface area contributed by atoms with Crippen LogP contribution in [-0.2, 0) is 10.2 Å². The molecule has 84 valence electrons. The van der Waals surface area contributed by atoms with Gasteiger partial charge in [-0.2, -0.15) is 17.0 Å². The zero-order valence-electron chi connectivity index (χ0n) is 8.84. The average Bonchev–Trinajstić information content (AvgIpc) is 2.50. The Kier molecular flexibility index (Phi) is 3.52. The highest BCUT2D eigenvalue weighted by Gasteiger charge is 2.33. The third-order valence-corrected chi connectivity index (χ3v) is 4.68. The number of hydrogen-bond acceptors (Lipinski definition) is 3. The first kappa shape index (κ1) is 11.9. The molecule has 0 radical (unpaired) electrons. The van der Waals surface area contributed by atoms with Crippen LogP contribution in [0.3, 0.4) is 0 Å². The highest BCUT2D eigenvalue weighted by molar-refractivity contribution is 7.86. The number of aliphatic hydroxyl groups is 1. The lowest BCUT2D eigenvalue weighted by Gasteiger charge is -2.26. The Balaban J connectivity index is 2.75. The monoisotopic (exact) mass is 222 g/mol.